The van der Waals surface area contributed by atoms with Crippen molar-refractivity contribution in [2.75, 3.05) is 37.4 Å². The number of carbonyl (C=O) groups excluding carboxylic acids is 1. The van der Waals surface area contributed by atoms with Crippen LogP contribution in [0, 0.1) is 17.6 Å². The normalized spacial score (nSPS) is 15.7. The number of nitrogens with zero attached hydrogens (tertiary/aromatic N) is 4. The second kappa shape index (κ2) is 13.8. The van der Waals surface area contributed by atoms with Gasteiger partial charge in [0.25, 0.3) is 11.5 Å². The van der Waals surface area contributed by atoms with Gasteiger partial charge in [-0.1, -0.05) is 0 Å². The number of nitrogens with two attached hydrogens (primary N) is 1. The van der Waals surface area contributed by atoms with Crippen LogP contribution in [0.5, 0.6) is 0 Å². The number of aromatic nitrogens is 5. The summed E-state index contributed by atoms with van der Waals surface area (Å²) in [6.07, 6.45) is 10.2. The SMILES string of the molecule is Nc1ncc(-c2cnn(C3CCNCC3)c2)cc1-c1ccc(NC(=O)c2cn(CC3CCOCC3)c3c(=O)[nH]c4cc(F)ccc4c3c2=O)cc1F. The number of ether oxygens (including phenoxy) is 1. The van der Waals surface area contributed by atoms with Crippen LogP contribution in [0.3, 0.4) is 0 Å². The molecule has 5 N–H and O–H groups in total. The summed E-state index contributed by atoms with van der Waals surface area (Å²) in [5.41, 5.74) is 7.14. The van der Waals surface area contributed by atoms with Gasteiger partial charge in [-0.2, -0.15) is 5.10 Å². The van der Waals surface area contributed by atoms with E-state index in [2.05, 4.69) is 25.7 Å². The highest BCUT2D eigenvalue weighted by Crippen LogP contribution is 2.33. The van der Waals surface area contributed by atoms with Crippen LogP contribution in [0.25, 0.3) is 44.1 Å². The molecule has 6 heterocycles. The molecule has 2 aliphatic rings. The predicted molar refractivity (Wildman–Crippen MR) is 194 cm³/mol. The van der Waals surface area contributed by atoms with Crippen LogP contribution in [-0.2, 0) is 11.3 Å². The number of anilines is 2. The molecule has 12 nitrogen and oxygen atoms in total. The summed E-state index contributed by atoms with van der Waals surface area (Å²) in [4.78, 5) is 48.1. The molecular weight excluding hydrogens is 670 g/mol. The summed E-state index contributed by atoms with van der Waals surface area (Å²) in [7, 11) is 0. The van der Waals surface area contributed by atoms with E-state index in [1.807, 2.05) is 10.9 Å². The molecule has 0 spiro atoms. The van der Waals surface area contributed by atoms with Gasteiger partial charge in [0.2, 0.25) is 5.43 Å². The molecule has 2 fully saturated rings. The first-order valence-electron chi connectivity index (χ1n) is 17.3. The molecule has 0 unspecified atom stereocenters. The Morgan fingerprint density at radius 1 is 0.962 bits per heavy atom. The number of hydrogen-bond donors (Lipinski definition) is 4. The number of H-pyrrole nitrogens is 1. The number of nitrogen functional groups attached to an aromatic ring is 1. The van der Waals surface area contributed by atoms with Gasteiger partial charge in [-0.25, -0.2) is 13.8 Å². The molecule has 2 aromatic carbocycles. The van der Waals surface area contributed by atoms with Crippen LogP contribution in [0.15, 0.2) is 76.8 Å². The zero-order valence-electron chi connectivity index (χ0n) is 28.1. The standard InChI is InChI=1S/C38H36F2N8O4/c39-24-1-3-28-32(14-24)46-38(51)34-33(28)35(49)30(20-47(34)18-21-7-11-52-12-8-21)37(50)45-25-2-4-27(31(40)15-25)29-13-22(16-43-36(29)41)23-17-44-48(19-23)26-5-9-42-10-6-26/h1-4,13-17,19-21,26,42H,5-12,18H2,(H2,41,43)(H,45,50)(H,46,51). The zero-order valence-corrected chi connectivity index (χ0v) is 28.1. The maximum atomic E-state index is 15.8. The molecule has 0 aliphatic carbocycles. The molecule has 266 valence electrons. The lowest BCUT2D eigenvalue weighted by Gasteiger charge is -2.24. The molecule has 4 aromatic heterocycles. The van der Waals surface area contributed by atoms with Gasteiger partial charge in [0.05, 0.1) is 23.1 Å². The molecule has 1 amide bonds. The van der Waals surface area contributed by atoms with Crippen LogP contribution in [-0.4, -0.2) is 56.5 Å². The summed E-state index contributed by atoms with van der Waals surface area (Å²) in [6, 6.07) is 9.96. The molecule has 0 bridgehead atoms. The Bertz CT molecular complexity index is 2460. The van der Waals surface area contributed by atoms with Gasteiger partial charge in [-0.05, 0) is 87.2 Å². The first-order valence-corrected chi connectivity index (χ1v) is 17.3. The van der Waals surface area contributed by atoms with Crippen molar-refractivity contribution in [3.05, 3.63) is 105 Å². The molecule has 6 aromatic rings. The van der Waals surface area contributed by atoms with Gasteiger partial charge >= 0.3 is 0 Å². The molecule has 8 rings (SSSR count). The van der Waals surface area contributed by atoms with E-state index in [0.717, 1.165) is 62.0 Å². The fourth-order valence-electron chi connectivity index (χ4n) is 7.31. The largest absolute Gasteiger partial charge is 0.383 e. The average molecular weight is 707 g/mol. The number of nitrogens with one attached hydrogen (secondary N) is 3. The number of pyridine rings is 3. The van der Waals surface area contributed by atoms with E-state index >= 15 is 4.39 Å². The molecular formula is C38H36F2N8O4. The van der Waals surface area contributed by atoms with Gasteiger partial charge in [-0.15, -0.1) is 0 Å². The number of amides is 1. The van der Waals surface area contributed by atoms with Gasteiger partial charge in [-0.3, -0.25) is 19.1 Å². The minimum atomic E-state index is -0.788. The second-order valence-corrected chi connectivity index (χ2v) is 13.4. The summed E-state index contributed by atoms with van der Waals surface area (Å²) in [5, 5.41) is 10.9. The fraction of sp³-hybridized carbons (Fsp3) is 0.289. The summed E-state index contributed by atoms with van der Waals surface area (Å²) < 4.78 is 39.0. The van der Waals surface area contributed by atoms with Crippen molar-refractivity contribution >= 4 is 39.2 Å². The van der Waals surface area contributed by atoms with Gasteiger partial charge in [0.1, 0.15) is 28.5 Å². The number of benzene rings is 2. The molecule has 0 saturated carbocycles. The highest BCUT2D eigenvalue weighted by molar-refractivity contribution is 6.10. The number of aromatic amines is 1. The summed E-state index contributed by atoms with van der Waals surface area (Å²) in [6.45, 7) is 3.34. The third-order valence-corrected chi connectivity index (χ3v) is 10.1. The Balaban J connectivity index is 1.11. The third-order valence-electron chi connectivity index (χ3n) is 10.1. The minimum absolute atomic E-state index is 0.00383. The summed E-state index contributed by atoms with van der Waals surface area (Å²) >= 11 is 0. The fourth-order valence-corrected chi connectivity index (χ4v) is 7.31. The molecule has 0 radical (unpaired) electrons. The van der Waals surface area contributed by atoms with E-state index in [1.165, 1.54) is 30.5 Å². The Hall–Kier alpha value is -5.73. The molecule has 2 saturated heterocycles. The smallest absolute Gasteiger partial charge is 0.273 e. The van der Waals surface area contributed by atoms with E-state index in [4.69, 9.17) is 10.5 Å². The van der Waals surface area contributed by atoms with E-state index in [9.17, 15) is 18.8 Å². The highest BCUT2D eigenvalue weighted by atomic mass is 19.1. The zero-order chi connectivity index (χ0) is 35.9. The van der Waals surface area contributed by atoms with E-state index in [0.29, 0.717) is 36.8 Å². The van der Waals surface area contributed by atoms with E-state index < -0.39 is 28.5 Å². The summed E-state index contributed by atoms with van der Waals surface area (Å²) in [5.74, 6) is -1.77. The van der Waals surface area contributed by atoms with Crippen molar-refractivity contribution < 1.29 is 18.3 Å². The maximum Gasteiger partial charge on any atom is 0.273 e. The van der Waals surface area contributed by atoms with Crippen molar-refractivity contribution in [3.8, 4) is 22.3 Å². The second-order valence-electron chi connectivity index (χ2n) is 13.4. The minimum Gasteiger partial charge on any atom is -0.383 e. The monoisotopic (exact) mass is 706 g/mol. The number of hydrogen-bond acceptors (Lipinski definition) is 8. The third kappa shape index (κ3) is 6.35. The van der Waals surface area contributed by atoms with Crippen LogP contribution in [0.2, 0.25) is 0 Å². The Kier molecular flexibility index (Phi) is 8.85. The number of fused-ring (bicyclic) bond motifs is 3. The quantitative estimate of drug-likeness (QED) is 0.164. The number of piperidine rings is 1. The van der Waals surface area contributed by atoms with E-state index in [1.54, 1.807) is 23.0 Å². The van der Waals surface area contributed by atoms with Crippen molar-refractivity contribution in [3.63, 3.8) is 0 Å². The van der Waals surface area contributed by atoms with Gasteiger partial charge < -0.3 is 30.7 Å². The average Bonchev–Trinajstić information content (AvgIpc) is 3.64. The Morgan fingerprint density at radius 3 is 2.56 bits per heavy atom. The number of halogens is 2. The predicted octanol–water partition coefficient (Wildman–Crippen LogP) is 5.23. The lowest BCUT2D eigenvalue weighted by molar-refractivity contribution is 0.0615. The lowest BCUT2D eigenvalue weighted by atomic mass is 9.99. The van der Waals surface area contributed by atoms with Crippen molar-refractivity contribution in [2.45, 2.75) is 38.3 Å². The topological polar surface area (TPSA) is 162 Å². The van der Waals surface area contributed by atoms with Crippen LogP contribution >= 0.6 is 0 Å². The van der Waals surface area contributed by atoms with Crippen molar-refractivity contribution in [1.82, 2.24) is 29.6 Å². The molecule has 52 heavy (non-hydrogen) atoms. The molecule has 0 atom stereocenters. The van der Waals surface area contributed by atoms with Gasteiger partial charge in [0, 0.05) is 71.7 Å². The van der Waals surface area contributed by atoms with Crippen molar-refractivity contribution in [2.24, 2.45) is 5.92 Å². The van der Waals surface area contributed by atoms with Crippen LogP contribution in [0.1, 0.15) is 42.1 Å². The highest BCUT2D eigenvalue weighted by Gasteiger charge is 2.24. The first kappa shape index (κ1) is 33.4. The molecule has 2 aliphatic heterocycles. The van der Waals surface area contributed by atoms with Crippen LogP contribution < -0.4 is 27.4 Å². The molecule has 14 heteroatoms. The Labute approximate surface area is 295 Å². The van der Waals surface area contributed by atoms with Gasteiger partial charge in [0.15, 0.2) is 0 Å². The van der Waals surface area contributed by atoms with Crippen LogP contribution in [0.4, 0.5) is 20.3 Å². The number of carbonyl (C=O) groups is 1. The van der Waals surface area contributed by atoms with Crippen molar-refractivity contribution in [1.29, 1.82) is 0 Å². The van der Waals surface area contributed by atoms with E-state index in [-0.39, 0.29) is 45.0 Å². The number of rotatable bonds is 7. The Morgan fingerprint density at radius 2 is 1.77 bits per heavy atom. The maximum absolute atomic E-state index is 15.8. The first-order chi connectivity index (χ1) is 25.2. The lowest BCUT2D eigenvalue weighted by Crippen LogP contribution is -2.29.